The van der Waals surface area contributed by atoms with Gasteiger partial charge >= 0.3 is 0 Å². The molecule has 8 heteroatoms. The molecule has 0 saturated carbocycles. The summed E-state index contributed by atoms with van der Waals surface area (Å²) in [6, 6.07) is 10.0. The van der Waals surface area contributed by atoms with Gasteiger partial charge in [-0.1, -0.05) is 18.6 Å². The van der Waals surface area contributed by atoms with Crippen LogP contribution in [-0.4, -0.2) is 38.5 Å². The van der Waals surface area contributed by atoms with Crippen LogP contribution in [0.2, 0.25) is 0 Å². The van der Waals surface area contributed by atoms with E-state index in [2.05, 4.69) is 4.37 Å². The fourth-order valence-electron chi connectivity index (χ4n) is 4.07. The lowest BCUT2D eigenvalue weighted by Crippen LogP contribution is -2.47. The molecule has 1 saturated heterocycles. The van der Waals surface area contributed by atoms with E-state index in [4.69, 9.17) is 0 Å². The Bertz CT molecular complexity index is 1050. The predicted octanol–water partition coefficient (Wildman–Crippen LogP) is 4.37. The molecule has 3 aromatic rings. The minimum atomic E-state index is -1.03. The van der Waals surface area contributed by atoms with Gasteiger partial charge in [-0.3, -0.25) is 4.79 Å². The lowest BCUT2D eigenvalue weighted by Gasteiger charge is -2.36. The van der Waals surface area contributed by atoms with Crippen molar-refractivity contribution < 1.29 is 14.3 Å². The minimum absolute atomic E-state index is 0. The Hall–Kier alpha value is -2.06. The lowest BCUT2D eigenvalue weighted by molar-refractivity contribution is -0.109. The van der Waals surface area contributed by atoms with Crippen molar-refractivity contribution in [3.8, 4) is 11.3 Å². The van der Waals surface area contributed by atoms with Crippen LogP contribution in [0.15, 0.2) is 36.4 Å². The van der Waals surface area contributed by atoms with Crippen molar-refractivity contribution in [1.29, 1.82) is 0 Å². The molecule has 2 aliphatic rings. The number of aliphatic hydroxyl groups is 1. The summed E-state index contributed by atoms with van der Waals surface area (Å²) in [4.78, 5) is 13.0. The number of aromatic nitrogens is 1. The molecule has 1 fully saturated rings. The first-order valence-electron chi connectivity index (χ1n) is 9.10. The number of nitrogens with zero attached hydrogens (tertiary/aromatic N) is 3. The second-order valence-corrected chi connectivity index (χ2v) is 7.78. The zero-order valence-electron chi connectivity index (χ0n) is 15.0. The topological polar surface area (TPSA) is 56.7 Å². The first-order valence-corrected chi connectivity index (χ1v) is 9.87. The van der Waals surface area contributed by atoms with E-state index in [9.17, 15) is 14.3 Å². The van der Waals surface area contributed by atoms with E-state index < -0.39 is 6.23 Å². The van der Waals surface area contributed by atoms with Gasteiger partial charge in [0.1, 0.15) is 5.82 Å². The zero-order chi connectivity index (χ0) is 18.5. The van der Waals surface area contributed by atoms with Crippen LogP contribution >= 0.6 is 23.9 Å². The molecule has 0 bridgehead atoms. The van der Waals surface area contributed by atoms with Crippen molar-refractivity contribution in [3.63, 3.8) is 0 Å². The predicted molar refractivity (Wildman–Crippen MR) is 109 cm³/mol. The number of aliphatic hydroxyl groups excluding tert-OH is 1. The highest BCUT2D eigenvalue weighted by Gasteiger charge is 2.41. The molecule has 2 aliphatic heterocycles. The molecule has 0 radical (unpaired) electrons. The number of fused-ring (bicyclic) bond motifs is 2. The summed E-state index contributed by atoms with van der Waals surface area (Å²) in [6.07, 6.45) is 2.15. The quantitative estimate of drug-likeness (QED) is 0.670. The first-order chi connectivity index (χ1) is 13.1. The number of benzene rings is 2. The van der Waals surface area contributed by atoms with Gasteiger partial charge in [-0.25, -0.2) is 14.4 Å². The van der Waals surface area contributed by atoms with Crippen molar-refractivity contribution in [2.45, 2.75) is 25.5 Å². The van der Waals surface area contributed by atoms with E-state index in [1.54, 1.807) is 12.1 Å². The summed E-state index contributed by atoms with van der Waals surface area (Å²) >= 11 is 1.22. The molecule has 1 aromatic heterocycles. The van der Waals surface area contributed by atoms with E-state index in [0.29, 0.717) is 16.8 Å². The number of hydrazine groups is 1. The highest BCUT2D eigenvalue weighted by Crippen LogP contribution is 2.42. The van der Waals surface area contributed by atoms with Crippen LogP contribution in [0.25, 0.3) is 21.3 Å². The Labute approximate surface area is 171 Å². The Kier molecular flexibility index (Phi) is 5.09. The van der Waals surface area contributed by atoms with Gasteiger partial charge in [0.2, 0.25) is 0 Å². The largest absolute Gasteiger partial charge is 0.368 e. The Morgan fingerprint density at radius 3 is 2.64 bits per heavy atom. The number of halogens is 2. The van der Waals surface area contributed by atoms with Gasteiger partial charge in [-0.2, -0.15) is 4.37 Å². The van der Waals surface area contributed by atoms with E-state index in [1.807, 2.05) is 17.1 Å². The monoisotopic (exact) mass is 419 g/mol. The van der Waals surface area contributed by atoms with Crippen LogP contribution in [0.4, 0.5) is 4.39 Å². The van der Waals surface area contributed by atoms with Gasteiger partial charge in [-0.15, -0.1) is 12.4 Å². The van der Waals surface area contributed by atoms with Crippen molar-refractivity contribution in [3.05, 3.63) is 53.3 Å². The molecule has 3 heterocycles. The highest BCUT2D eigenvalue weighted by atomic mass is 35.5. The molecular weight excluding hydrogens is 401 g/mol. The maximum Gasteiger partial charge on any atom is 0.271 e. The molecule has 5 nitrogen and oxygen atoms in total. The van der Waals surface area contributed by atoms with Crippen molar-refractivity contribution in [2.75, 3.05) is 13.1 Å². The van der Waals surface area contributed by atoms with Crippen molar-refractivity contribution in [1.82, 2.24) is 14.4 Å². The van der Waals surface area contributed by atoms with Crippen LogP contribution in [0.5, 0.6) is 0 Å². The van der Waals surface area contributed by atoms with E-state index >= 15 is 0 Å². The fraction of sp³-hybridized carbons (Fsp3) is 0.300. The van der Waals surface area contributed by atoms with Crippen LogP contribution in [0.3, 0.4) is 0 Å². The number of amides is 1. The van der Waals surface area contributed by atoms with Gasteiger partial charge in [0, 0.05) is 35.2 Å². The third-order valence-corrected chi connectivity index (χ3v) is 6.17. The molecular formula is C20H19ClFN3O2S. The van der Waals surface area contributed by atoms with Crippen LogP contribution < -0.4 is 0 Å². The average molecular weight is 420 g/mol. The maximum atomic E-state index is 13.5. The van der Waals surface area contributed by atoms with Gasteiger partial charge in [0.25, 0.3) is 5.91 Å². The Morgan fingerprint density at radius 2 is 1.86 bits per heavy atom. The number of hydrogen-bond donors (Lipinski definition) is 1. The summed E-state index contributed by atoms with van der Waals surface area (Å²) in [5, 5.41) is 15.3. The standard InChI is InChI=1S/C20H18FN3O2S.ClH/c21-12-7-8-13-16(11-12)27-22-18(13)14-5-4-6-15-17(14)20(26)24(19(15)25)23-9-2-1-3-10-23;/h4-8,11,20,26H,1-3,9-10H2;1H. The smallest absolute Gasteiger partial charge is 0.271 e. The molecule has 2 aromatic carbocycles. The molecule has 1 N–H and O–H groups in total. The number of piperidine rings is 1. The van der Waals surface area contributed by atoms with Gasteiger partial charge < -0.3 is 5.11 Å². The molecule has 5 rings (SSSR count). The summed E-state index contributed by atoms with van der Waals surface area (Å²) in [5.74, 6) is -0.477. The first kappa shape index (κ1) is 19.3. The fourth-order valence-corrected chi connectivity index (χ4v) is 4.89. The molecule has 1 amide bonds. The zero-order valence-corrected chi connectivity index (χ0v) is 16.6. The number of hydrogen-bond acceptors (Lipinski definition) is 5. The summed E-state index contributed by atoms with van der Waals surface area (Å²) < 4.78 is 18.8. The third-order valence-electron chi connectivity index (χ3n) is 5.36. The molecule has 0 aliphatic carbocycles. The summed E-state index contributed by atoms with van der Waals surface area (Å²) in [6.45, 7) is 1.54. The number of rotatable bonds is 2. The highest BCUT2D eigenvalue weighted by molar-refractivity contribution is 7.13. The Morgan fingerprint density at radius 1 is 1.11 bits per heavy atom. The van der Waals surface area contributed by atoms with Gasteiger partial charge in [0.15, 0.2) is 6.23 Å². The third kappa shape index (κ3) is 2.90. The van der Waals surface area contributed by atoms with E-state index in [0.717, 1.165) is 48.0 Å². The normalized spacial score (nSPS) is 19.7. The molecule has 28 heavy (non-hydrogen) atoms. The summed E-state index contributed by atoms with van der Waals surface area (Å²) in [7, 11) is 0. The van der Waals surface area contributed by atoms with Gasteiger partial charge in [0.05, 0.1) is 10.4 Å². The van der Waals surface area contributed by atoms with E-state index in [1.165, 1.54) is 28.7 Å². The van der Waals surface area contributed by atoms with Gasteiger partial charge in [-0.05, 0) is 48.6 Å². The molecule has 146 valence electrons. The van der Waals surface area contributed by atoms with Crippen molar-refractivity contribution in [2.24, 2.45) is 0 Å². The Balaban J connectivity index is 0.00000192. The SMILES string of the molecule is Cl.O=C1c2cccc(-c3nsc4cc(F)ccc34)c2C(O)N1N1CCCCC1. The van der Waals surface area contributed by atoms with E-state index in [-0.39, 0.29) is 24.1 Å². The number of carbonyl (C=O) groups is 1. The van der Waals surface area contributed by atoms with Crippen molar-refractivity contribution >= 4 is 39.9 Å². The van der Waals surface area contributed by atoms with Crippen LogP contribution in [0.1, 0.15) is 41.4 Å². The van der Waals surface area contributed by atoms with Crippen LogP contribution in [0, 0.1) is 5.82 Å². The lowest BCUT2D eigenvalue weighted by atomic mass is 9.98. The summed E-state index contributed by atoms with van der Waals surface area (Å²) in [5.41, 5.74) is 2.50. The minimum Gasteiger partial charge on any atom is -0.368 e. The molecule has 0 spiro atoms. The second kappa shape index (κ2) is 7.40. The van der Waals surface area contributed by atoms with Crippen LogP contribution in [-0.2, 0) is 0 Å². The number of carbonyl (C=O) groups excluding carboxylic acids is 1. The second-order valence-electron chi connectivity index (χ2n) is 6.98. The average Bonchev–Trinajstić information content (AvgIpc) is 3.21. The molecule has 1 atom stereocenters. The maximum absolute atomic E-state index is 13.5. The molecule has 1 unspecified atom stereocenters.